The van der Waals surface area contributed by atoms with Gasteiger partial charge in [0.2, 0.25) is 17.7 Å². The summed E-state index contributed by atoms with van der Waals surface area (Å²) in [6.45, 7) is 1.90. The smallest absolute Gasteiger partial charge is 0.246 e. The minimum Gasteiger partial charge on any atom is -0.368 e. The lowest BCUT2D eigenvalue weighted by Gasteiger charge is -2.05. The van der Waals surface area contributed by atoms with Gasteiger partial charge in [0.1, 0.15) is 0 Å². The number of nitrogens with one attached hydrogen (secondary N) is 2. The van der Waals surface area contributed by atoms with Crippen LogP contribution in [0.5, 0.6) is 0 Å². The SMILES string of the molecule is CC1CC1C(=O)NCCC(=O)NOCC(N)=O. The lowest BCUT2D eigenvalue weighted by atomic mass is 10.3. The van der Waals surface area contributed by atoms with Crippen molar-refractivity contribution in [2.45, 2.75) is 19.8 Å². The molecule has 1 aliphatic carbocycles. The number of primary amides is 1. The number of nitrogens with two attached hydrogens (primary N) is 1. The first-order chi connectivity index (χ1) is 8.00. The highest BCUT2D eigenvalue weighted by molar-refractivity contribution is 5.82. The van der Waals surface area contributed by atoms with Crippen LogP contribution in [0.4, 0.5) is 0 Å². The van der Waals surface area contributed by atoms with E-state index in [1.165, 1.54) is 0 Å². The van der Waals surface area contributed by atoms with Gasteiger partial charge in [0.05, 0.1) is 0 Å². The Balaban J connectivity index is 2.00. The third-order valence-corrected chi connectivity index (χ3v) is 2.50. The van der Waals surface area contributed by atoms with Gasteiger partial charge in [-0.05, 0) is 12.3 Å². The topological polar surface area (TPSA) is 111 Å². The zero-order valence-electron chi connectivity index (χ0n) is 9.69. The Morgan fingerprint density at radius 3 is 2.59 bits per heavy atom. The second-order valence-electron chi connectivity index (χ2n) is 4.14. The summed E-state index contributed by atoms with van der Waals surface area (Å²) in [5, 5.41) is 2.66. The lowest BCUT2D eigenvalue weighted by Crippen LogP contribution is -2.33. The van der Waals surface area contributed by atoms with Crippen LogP contribution in [-0.4, -0.2) is 30.9 Å². The van der Waals surface area contributed by atoms with E-state index in [2.05, 4.69) is 15.6 Å². The summed E-state index contributed by atoms with van der Waals surface area (Å²) < 4.78 is 0. The van der Waals surface area contributed by atoms with E-state index in [0.717, 1.165) is 6.42 Å². The molecule has 1 aliphatic rings. The Morgan fingerprint density at radius 1 is 1.41 bits per heavy atom. The third-order valence-electron chi connectivity index (χ3n) is 2.50. The fourth-order valence-electron chi connectivity index (χ4n) is 1.36. The van der Waals surface area contributed by atoms with Gasteiger partial charge in [-0.25, -0.2) is 5.48 Å². The first-order valence-corrected chi connectivity index (χ1v) is 5.47. The largest absolute Gasteiger partial charge is 0.368 e. The summed E-state index contributed by atoms with van der Waals surface area (Å²) >= 11 is 0. The van der Waals surface area contributed by atoms with Crippen molar-refractivity contribution < 1.29 is 19.2 Å². The van der Waals surface area contributed by atoms with Crippen LogP contribution < -0.4 is 16.5 Å². The number of hydrogen-bond acceptors (Lipinski definition) is 4. The van der Waals surface area contributed by atoms with Crippen LogP contribution in [0.15, 0.2) is 0 Å². The molecule has 7 heteroatoms. The van der Waals surface area contributed by atoms with E-state index in [9.17, 15) is 14.4 Å². The highest BCUT2D eigenvalue weighted by Gasteiger charge is 2.38. The Kier molecular flexibility index (Phi) is 4.89. The molecule has 0 radical (unpaired) electrons. The summed E-state index contributed by atoms with van der Waals surface area (Å²) in [5.74, 6) is -0.535. The maximum atomic E-state index is 11.4. The van der Waals surface area contributed by atoms with E-state index >= 15 is 0 Å². The molecule has 2 atom stereocenters. The van der Waals surface area contributed by atoms with Crippen molar-refractivity contribution in [1.82, 2.24) is 10.8 Å². The highest BCUT2D eigenvalue weighted by atomic mass is 16.7. The molecule has 96 valence electrons. The highest BCUT2D eigenvalue weighted by Crippen LogP contribution is 2.37. The summed E-state index contributed by atoms with van der Waals surface area (Å²) in [4.78, 5) is 37.3. The van der Waals surface area contributed by atoms with Gasteiger partial charge < -0.3 is 11.1 Å². The molecule has 0 aromatic rings. The molecule has 1 fully saturated rings. The fraction of sp³-hybridized carbons (Fsp3) is 0.700. The monoisotopic (exact) mass is 243 g/mol. The summed E-state index contributed by atoms with van der Waals surface area (Å²) in [6, 6.07) is 0. The summed E-state index contributed by atoms with van der Waals surface area (Å²) in [7, 11) is 0. The Hall–Kier alpha value is -1.63. The molecule has 4 N–H and O–H groups in total. The van der Waals surface area contributed by atoms with Crippen LogP contribution in [0.2, 0.25) is 0 Å². The van der Waals surface area contributed by atoms with Crippen molar-refractivity contribution in [3.8, 4) is 0 Å². The second kappa shape index (κ2) is 6.19. The van der Waals surface area contributed by atoms with Gasteiger partial charge in [0.25, 0.3) is 0 Å². The van der Waals surface area contributed by atoms with Crippen LogP contribution >= 0.6 is 0 Å². The van der Waals surface area contributed by atoms with E-state index in [1.807, 2.05) is 6.92 Å². The lowest BCUT2D eigenvalue weighted by molar-refractivity contribution is -0.137. The molecule has 0 aromatic carbocycles. The van der Waals surface area contributed by atoms with Gasteiger partial charge in [-0.3, -0.25) is 19.2 Å². The first-order valence-electron chi connectivity index (χ1n) is 5.47. The van der Waals surface area contributed by atoms with Crippen LogP contribution in [0.25, 0.3) is 0 Å². The van der Waals surface area contributed by atoms with Crippen LogP contribution in [0.1, 0.15) is 19.8 Å². The van der Waals surface area contributed by atoms with Crippen molar-refractivity contribution in [2.24, 2.45) is 17.6 Å². The molecule has 0 aromatic heterocycles. The Bertz CT molecular complexity index is 319. The van der Waals surface area contributed by atoms with E-state index in [4.69, 9.17) is 5.73 Å². The van der Waals surface area contributed by atoms with Gasteiger partial charge in [0, 0.05) is 18.9 Å². The molecule has 0 saturated heterocycles. The third kappa shape index (κ3) is 5.30. The van der Waals surface area contributed by atoms with Crippen molar-refractivity contribution >= 4 is 17.7 Å². The first kappa shape index (κ1) is 13.4. The predicted octanol–water partition coefficient (Wildman–Crippen LogP) is -1.32. The molecule has 1 saturated carbocycles. The zero-order valence-corrected chi connectivity index (χ0v) is 9.69. The fourth-order valence-corrected chi connectivity index (χ4v) is 1.36. The molecule has 0 heterocycles. The number of amides is 3. The van der Waals surface area contributed by atoms with E-state index < -0.39 is 11.8 Å². The van der Waals surface area contributed by atoms with E-state index in [-0.39, 0.29) is 31.4 Å². The number of hydroxylamine groups is 1. The molecule has 0 aliphatic heterocycles. The molecular weight excluding hydrogens is 226 g/mol. The van der Waals surface area contributed by atoms with Crippen molar-refractivity contribution in [3.05, 3.63) is 0 Å². The number of hydrogen-bond donors (Lipinski definition) is 3. The Labute approximate surface area is 99.0 Å². The molecule has 0 bridgehead atoms. The maximum Gasteiger partial charge on any atom is 0.246 e. The van der Waals surface area contributed by atoms with E-state index in [0.29, 0.717) is 5.92 Å². The summed E-state index contributed by atoms with van der Waals surface area (Å²) in [6.07, 6.45) is 1.02. The average molecular weight is 243 g/mol. The quantitative estimate of drug-likeness (QED) is 0.482. The predicted molar refractivity (Wildman–Crippen MR) is 58.2 cm³/mol. The van der Waals surface area contributed by atoms with Gasteiger partial charge in [-0.15, -0.1) is 0 Å². The molecular formula is C10H17N3O4. The molecule has 3 amide bonds. The molecule has 17 heavy (non-hydrogen) atoms. The number of carbonyl (C=O) groups is 3. The number of rotatable bonds is 7. The standard InChI is InChI=1S/C10H17N3O4/c1-6-4-7(6)10(16)12-3-2-9(15)13-17-5-8(11)14/h6-7H,2-5H2,1H3,(H2,11,14)(H,12,16)(H,13,15). The summed E-state index contributed by atoms with van der Waals surface area (Å²) in [5.41, 5.74) is 6.85. The van der Waals surface area contributed by atoms with Crippen molar-refractivity contribution in [1.29, 1.82) is 0 Å². The minimum atomic E-state index is -0.665. The normalized spacial score (nSPS) is 21.7. The molecule has 1 rings (SSSR count). The van der Waals surface area contributed by atoms with Gasteiger partial charge in [-0.2, -0.15) is 0 Å². The Morgan fingerprint density at radius 2 is 2.06 bits per heavy atom. The van der Waals surface area contributed by atoms with Crippen LogP contribution in [0.3, 0.4) is 0 Å². The van der Waals surface area contributed by atoms with E-state index in [1.54, 1.807) is 0 Å². The van der Waals surface area contributed by atoms with Crippen molar-refractivity contribution in [2.75, 3.05) is 13.2 Å². The zero-order chi connectivity index (χ0) is 12.8. The van der Waals surface area contributed by atoms with Crippen LogP contribution in [0, 0.1) is 11.8 Å². The average Bonchev–Trinajstić information content (AvgIpc) is 2.95. The van der Waals surface area contributed by atoms with Gasteiger partial charge >= 0.3 is 0 Å². The van der Waals surface area contributed by atoms with Gasteiger partial charge in [0.15, 0.2) is 6.61 Å². The molecule has 7 nitrogen and oxygen atoms in total. The molecule has 2 unspecified atom stereocenters. The van der Waals surface area contributed by atoms with Crippen LogP contribution in [-0.2, 0) is 19.2 Å². The van der Waals surface area contributed by atoms with Gasteiger partial charge in [-0.1, -0.05) is 6.92 Å². The second-order valence-corrected chi connectivity index (χ2v) is 4.14. The maximum absolute atomic E-state index is 11.4. The minimum absolute atomic E-state index is 0.0108. The number of carbonyl (C=O) groups excluding carboxylic acids is 3. The molecule has 0 spiro atoms. The van der Waals surface area contributed by atoms with Crippen molar-refractivity contribution in [3.63, 3.8) is 0 Å².